The highest BCUT2D eigenvalue weighted by atomic mass is 32.1. The number of rotatable bonds is 6. The maximum atomic E-state index is 11.4. The molecular weight excluding hydrogens is 274 g/mol. The van der Waals surface area contributed by atoms with E-state index in [4.69, 9.17) is 0 Å². The smallest absolute Gasteiger partial charge is 0.299 e. The first-order chi connectivity index (χ1) is 9.54. The Balaban J connectivity index is 2.42. The average Bonchev–Trinajstić information content (AvgIpc) is 2.85. The maximum Gasteiger partial charge on any atom is 0.299 e. The number of nitrogens with zero attached hydrogens (tertiary/aromatic N) is 2. The molecule has 0 aliphatic rings. The highest BCUT2D eigenvalue weighted by molar-refractivity contribution is 7.16. The molecule has 1 unspecified atom stereocenters. The van der Waals surface area contributed by atoms with Crippen LogP contribution in [0.1, 0.15) is 26.3 Å². The number of aromatic nitrogens is 1. The molecule has 0 bridgehead atoms. The lowest BCUT2D eigenvalue weighted by Crippen LogP contribution is -2.35. The lowest BCUT2D eigenvalue weighted by molar-refractivity contribution is -0.383. The topological polar surface area (TPSA) is 68.1 Å². The fourth-order valence-corrected chi connectivity index (χ4v) is 3.05. The maximum absolute atomic E-state index is 11.4. The summed E-state index contributed by atoms with van der Waals surface area (Å²) >= 11 is 1.43. The van der Waals surface area contributed by atoms with Crippen LogP contribution in [0.2, 0.25) is 0 Å². The zero-order valence-electron chi connectivity index (χ0n) is 11.9. The Morgan fingerprint density at radius 1 is 1.45 bits per heavy atom. The lowest BCUT2D eigenvalue weighted by Gasteiger charge is -2.21. The van der Waals surface area contributed by atoms with Crippen LogP contribution >= 0.6 is 11.3 Å². The molecule has 6 heteroatoms. The van der Waals surface area contributed by atoms with Crippen molar-refractivity contribution >= 4 is 27.2 Å². The summed E-state index contributed by atoms with van der Waals surface area (Å²) < 4.78 is 0.866. The summed E-state index contributed by atoms with van der Waals surface area (Å²) in [5.74, 6) is 0.417. The minimum absolute atomic E-state index is 0.160. The molecule has 0 saturated carbocycles. The summed E-state index contributed by atoms with van der Waals surface area (Å²) in [6.45, 7) is 7.16. The molecule has 0 aliphatic heterocycles. The van der Waals surface area contributed by atoms with Crippen LogP contribution in [0.3, 0.4) is 0 Å². The Morgan fingerprint density at radius 2 is 2.20 bits per heavy atom. The van der Waals surface area contributed by atoms with Crippen molar-refractivity contribution in [2.24, 2.45) is 5.92 Å². The van der Waals surface area contributed by atoms with Gasteiger partial charge in [0.1, 0.15) is 0 Å². The van der Waals surface area contributed by atoms with E-state index in [1.807, 2.05) is 19.1 Å². The predicted molar refractivity (Wildman–Crippen MR) is 82.3 cm³/mol. The molecular formula is C14H19N3O2S. The minimum Gasteiger partial charge on any atom is -0.314 e. The summed E-state index contributed by atoms with van der Waals surface area (Å²) in [5, 5.41) is 14.8. The summed E-state index contributed by atoms with van der Waals surface area (Å²) in [5.41, 5.74) is 3.09. The Labute approximate surface area is 122 Å². The fraction of sp³-hybridized carbons (Fsp3) is 0.500. The summed E-state index contributed by atoms with van der Waals surface area (Å²) in [6.07, 6.45) is 0.648. The van der Waals surface area contributed by atoms with Crippen LogP contribution in [0.15, 0.2) is 17.6 Å². The SMILES string of the molecule is CCNC(Cc1ccc2scnc2c1[N+](=O)[O-])C(C)C. The molecule has 0 amide bonds. The van der Waals surface area contributed by atoms with Gasteiger partial charge in [-0.25, -0.2) is 4.98 Å². The molecule has 5 nitrogen and oxygen atoms in total. The van der Waals surface area contributed by atoms with Crippen LogP contribution in [0.25, 0.3) is 10.2 Å². The van der Waals surface area contributed by atoms with Crippen molar-refractivity contribution in [3.05, 3.63) is 33.3 Å². The molecule has 1 N–H and O–H groups in total. The van der Waals surface area contributed by atoms with E-state index in [-0.39, 0.29) is 16.7 Å². The number of hydrogen-bond acceptors (Lipinski definition) is 5. The van der Waals surface area contributed by atoms with Crippen LogP contribution in [-0.2, 0) is 6.42 Å². The zero-order valence-corrected chi connectivity index (χ0v) is 12.7. The van der Waals surface area contributed by atoms with Crippen molar-refractivity contribution in [2.45, 2.75) is 33.2 Å². The Bertz CT molecular complexity index is 609. The second-order valence-corrected chi connectivity index (χ2v) is 6.03. The van der Waals surface area contributed by atoms with Crippen molar-refractivity contribution in [1.82, 2.24) is 10.3 Å². The third kappa shape index (κ3) is 2.96. The van der Waals surface area contributed by atoms with Gasteiger partial charge in [0.05, 0.1) is 15.1 Å². The standard InChI is InChI=1S/C14H19N3O2S/c1-4-15-11(9(2)3)7-10-5-6-12-13(16-8-20-12)14(10)17(18)19/h5-6,8-9,11,15H,4,7H2,1-3H3. The normalized spacial score (nSPS) is 13.0. The molecule has 0 saturated heterocycles. The van der Waals surface area contributed by atoms with Crippen LogP contribution in [0, 0.1) is 16.0 Å². The van der Waals surface area contributed by atoms with Crippen molar-refractivity contribution in [3.8, 4) is 0 Å². The fourth-order valence-electron chi connectivity index (χ4n) is 2.37. The van der Waals surface area contributed by atoms with Gasteiger partial charge < -0.3 is 5.32 Å². The van der Waals surface area contributed by atoms with Gasteiger partial charge in [0.25, 0.3) is 5.69 Å². The van der Waals surface area contributed by atoms with E-state index in [2.05, 4.69) is 24.1 Å². The van der Waals surface area contributed by atoms with E-state index >= 15 is 0 Å². The van der Waals surface area contributed by atoms with Gasteiger partial charge in [0.2, 0.25) is 0 Å². The predicted octanol–water partition coefficient (Wildman–Crippen LogP) is 3.38. The molecule has 0 radical (unpaired) electrons. The third-order valence-corrected chi connectivity index (χ3v) is 4.25. The highest BCUT2D eigenvalue weighted by Crippen LogP contribution is 2.32. The molecule has 2 rings (SSSR count). The van der Waals surface area contributed by atoms with E-state index in [1.165, 1.54) is 11.3 Å². The number of likely N-dealkylation sites (N-methyl/N-ethyl adjacent to an activating group) is 1. The van der Waals surface area contributed by atoms with E-state index in [0.29, 0.717) is 17.9 Å². The second kappa shape index (κ2) is 6.28. The van der Waals surface area contributed by atoms with Crippen molar-refractivity contribution < 1.29 is 4.92 Å². The number of nitrogens with one attached hydrogen (secondary N) is 1. The van der Waals surface area contributed by atoms with Crippen LogP contribution in [0.5, 0.6) is 0 Å². The van der Waals surface area contributed by atoms with E-state index in [0.717, 1.165) is 16.8 Å². The van der Waals surface area contributed by atoms with Crippen molar-refractivity contribution in [3.63, 3.8) is 0 Å². The number of benzene rings is 1. The first-order valence-electron chi connectivity index (χ1n) is 6.77. The molecule has 0 aliphatic carbocycles. The molecule has 1 aromatic carbocycles. The summed E-state index contributed by atoms with van der Waals surface area (Å²) in [4.78, 5) is 15.2. The first kappa shape index (κ1) is 14.9. The summed E-state index contributed by atoms with van der Waals surface area (Å²) in [6, 6.07) is 4.03. The number of hydrogen-bond donors (Lipinski definition) is 1. The molecule has 0 fully saturated rings. The first-order valence-corrected chi connectivity index (χ1v) is 7.65. The number of thiazole rings is 1. The van der Waals surface area contributed by atoms with Gasteiger partial charge in [-0.15, -0.1) is 11.3 Å². The largest absolute Gasteiger partial charge is 0.314 e. The molecule has 108 valence electrons. The average molecular weight is 293 g/mol. The molecule has 1 aromatic heterocycles. The van der Waals surface area contributed by atoms with Gasteiger partial charge >= 0.3 is 0 Å². The molecule has 20 heavy (non-hydrogen) atoms. The summed E-state index contributed by atoms with van der Waals surface area (Å²) in [7, 11) is 0. The second-order valence-electron chi connectivity index (χ2n) is 5.14. The Kier molecular flexibility index (Phi) is 4.67. The van der Waals surface area contributed by atoms with E-state index in [1.54, 1.807) is 5.51 Å². The molecule has 1 atom stereocenters. The molecule has 2 aromatic rings. The van der Waals surface area contributed by atoms with Gasteiger partial charge in [-0.1, -0.05) is 26.8 Å². The van der Waals surface area contributed by atoms with E-state index < -0.39 is 0 Å². The lowest BCUT2D eigenvalue weighted by atomic mass is 9.95. The Morgan fingerprint density at radius 3 is 2.80 bits per heavy atom. The Hall–Kier alpha value is -1.53. The number of nitro benzene ring substituents is 1. The van der Waals surface area contributed by atoms with Crippen molar-refractivity contribution in [2.75, 3.05) is 6.54 Å². The monoisotopic (exact) mass is 293 g/mol. The molecule has 0 spiro atoms. The number of nitro groups is 1. The van der Waals surface area contributed by atoms with Gasteiger partial charge in [-0.05, 0) is 24.9 Å². The van der Waals surface area contributed by atoms with Crippen LogP contribution in [-0.4, -0.2) is 22.5 Å². The van der Waals surface area contributed by atoms with E-state index in [9.17, 15) is 10.1 Å². The van der Waals surface area contributed by atoms with Crippen LogP contribution < -0.4 is 5.32 Å². The van der Waals surface area contributed by atoms with Gasteiger partial charge in [-0.3, -0.25) is 10.1 Å². The highest BCUT2D eigenvalue weighted by Gasteiger charge is 2.23. The van der Waals surface area contributed by atoms with Crippen molar-refractivity contribution in [1.29, 1.82) is 0 Å². The number of fused-ring (bicyclic) bond motifs is 1. The zero-order chi connectivity index (χ0) is 14.7. The third-order valence-electron chi connectivity index (χ3n) is 3.45. The minimum atomic E-state index is -0.305. The van der Waals surface area contributed by atoms with Gasteiger partial charge in [-0.2, -0.15) is 0 Å². The van der Waals surface area contributed by atoms with Crippen LogP contribution in [0.4, 0.5) is 5.69 Å². The molecule has 1 heterocycles. The van der Waals surface area contributed by atoms with Gasteiger partial charge in [0.15, 0.2) is 5.52 Å². The van der Waals surface area contributed by atoms with Gasteiger partial charge in [0, 0.05) is 11.6 Å². The quantitative estimate of drug-likeness (QED) is 0.655.